The third-order valence-corrected chi connectivity index (χ3v) is 5.21. The first-order valence-corrected chi connectivity index (χ1v) is 10.8. The number of amides is 1. The highest BCUT2D eigenvalue weighted by Crippen LogP contribution is 2.15. The maximum atomic E-state index is 12.8. The molecule has 0 unspecified atom stereocenters. The molecule has 3 aromatic rings. The number of benzene rings is 2. The van der Waals surface area contributed by atoms with Crippen molar-refractivity contribution in [1.29, 1.82) is 0 Å². The Labute approximate surface area is 182 Å². The van der Waals surface area contributed by atoms with Gasteiger partial charge in [-0.2, -0.15) is 10.2 Å². The first kappa shape index (κ1) is 22.2. The molecule has 0 saturated heterocycles. The lowest BCUT2D eigenvalue weighted by Gasteiger charge is -2.20. The van der Waals surface area contributed by atoms with Crippen LogP contribution in [0.2, 0.25) is 0 Å². The van der Waals surface area contributed by atoms with Gasteiger partial charge in [0.2, 0.25) is 0 Å². The Bertz CT molecular complexity index is 1120. The Morgan fingerprint density at radius 3 is 2.39 bits per heavy atom. The molecule has 0 atom stereocenters. The van der Waals surface area contributed by atoms with Gasteiger partial charge in [0.15, 0.2) is 5.69 Å². The molecule has 1 aromatic heterocycles. The summed E-state index contributed by atoms with van der Waals surface area (Å²) in [7, 11) is 0. The third-order valence-electron chi connectivity index (χ3n) is 5.21. The second-order valence-corrected chi connectivity index (χ2v) is 7.24. The van der Waals surface area contributed by atoms with Crippen molar-refractivity contribution in [3.8, 4) is 0 Å². The Kier molecular flexibility index (Phi) is 7.54. The van der Waals surface area contributed by atoms with Gasteiger partial charge >= 0.3 is 0 Å². The molecule has 0 saturated carbocycles. The van der Waals surface area contributed by atoms with Crippen LogP contribution in [0.25, 0.3) is 10.8 Å². The van der Waals surface area contributed by atoms with Crippen LogP contribution >= 0.6 is 0 Å². The predicted molar refractivity (Wildman–Crippen MR) is 126 cm³/mol. The number of aromatic nitrogens is 2. The monoisotopic (exact) mass is 419 g/mol. The molecular formula is C24H29N5O2. The van der Waals surface area contributed by atoms with Crippen LogP contribution in [0.5, 0.6) is 0 Å². The molecule has 0 radical (unpaired) electrons. The Morgan fingerprint density at radius 1 is 1.06 bits per heavy atom. The van der Waals surface area contributed by atoms with Crippen LogP contribution in [-0.2, 0) is 6.54 Å². The normalized spacial score (nSPS) is 11.2. The third kappa shape index (κ3) is 5.17. The number of anilines is 1. The molecule has 7 nitrogen and oxygen atoms in total. The van der Waals surface area contributed by atoms with Gasteiger partial charge in [0.25, 0.3) is 11.5 Å². The minimum absolute atomic E-state index is 0.183. The van der Waals surface area contributed by atoms with E-state index in [0.717, 1.165) is 37.2 Å². The van der Waals surface area contributed by atoms with E-state index in [2.05, 4.69) is 34.4 Å². The number of nitrogens with one attached hydrogen (secondary N) is 1. The zero-order chi connectivity index (χ0) is 22.2. The van der Waals surface area contributed by atoms with E-state index in [1.807, 2.05) is 31.2 Å². The number of carbonyl (C=O) groups is 1. The lowest BCUT2D eigenvalue weighted by atomic mass is 10.1. The van der Waals surface area contributed by atoms with Crippen molar-refractivity contribution in [3.05, 3.63) is 70.1 Å². The number of nitrogens with zero attached hydrogens (tertiary/aromatic N) is 4. The molecule has 0 aliphatic rings. The highest BCUT2D eigenvalue weighted by atomic mass is 16.2. The average molecular weight is 420 g/mol. The lowest BCUT2D eigenvalue weighted by molar-refractivity contribution is 0.0949. The van der Waals surface area contributed by atoms with E-state index in [4.69, 9.17) is 0 Å². The zero-order valence-corrected chi connectivity index (χ0v) is 18.3. The van der Waals surface area contributed by atoms with Gasteiger partial charge in [0.05, 0.1) is 11.6 Å². The topological polar surface area (TPSA) is 79.6 Å². The minimum atomic E-state index is -0.447. The molecular weight excluding hydrogens is 390 g/mol. The number of hydrogen-bond acceptors (Lipinski definition) is 5. The van der Waals surface area contributed by atoms with E-state index in [-0.39, 0.29) is 11.3 Å². The molecule has 0 aliphatic carbocycles. The molecule has 3 rings (SSSR count). The quantitative estimate of drug-likeness (QED) is 0.423. The maximum absolute atomic E-state index is 12.8. The highest BCUT2D eigenvalue weighted by molar-refractivity contribution is 6.04. The summed E-state index contributed by atoms with van der Waals surface area (Å²) < 4.78 is 1.37. The maximum Gasteiger partial charge on any atom is 0.292 e. The summed E-state index contributed by atoms with van der Waals surface area (Å²) in [6.07, 6.45) is 3.34. The molecule has 1 N–H and O–H groups in total. The average Bonchev–Trinajstić information content (AvgIpc) is 2.80. The van der Waals surface area contributed by atoms with Gasteiger partial charge in [-0.3, -0.25) is 9.59 Å². The molecule has 0 fully saturated rings. The fraction of sp³-hybridized carbons (Fsp3) is 0.333. The molecule has 162 valence electrons. The molecule has 0 bridgehead atoms. The molecule has 0 aliphatic heterocycles. The van der Waals surface area contributed by atoms with Crippen LogP contribution in [0.4, 0.5) is 5.69 Å². The number of unbranched alkanes of at least 4 members (excludes halogenated alkanes) is 1. The fourth-order valence-corrected chi connectivity index (χ4v) is 3.44. The van der Waals surface area contributed by atoms with Gasteiger partial charge in [0.1, 0.15) is 0 Å². The van der Waals surface area contributed by atoms with Gasteiger partial charge in [-0.15, -0.1) is 0 Å². The second-order valence-electron chi connectivity index (χ2n) is 7.24. The van der Waals surface area contributed by atoms with Crippen molar-refractivity contribution in [2.45, 2.75) is 40.2 Å². The number of hydrogen-bond donors (Lipinski definition) is 1. The number of aryl methyl sites for hydroxylation is 1. The van der Waals surface area contributed by atoms with E-state index < -0.39 is 5.91 Å². The van der Waals surface area contributed by atoms with Gasteiger partial charge in [-0.05, 0) is 44.0 Å². The molecule has 1 heterocycles. The van der Waals surface area contributed by atoms with Crippen LogP contribution < -0.4 is 15.9 Å². The standard InChI is InChI=1S/C24H29N5O2/c1-4-7-16-29-24(31)21-11-9-8-10-20(21)22(27-29)23(30)26-25-17-18-12-14-19(15-13-18)28(5-2)6-3/h8-15,17H,4-7,16H2,1-3H3,(H,26,30)/b25-17-. The smallest absolute Gasteiger partial charge is 0.292 e. The van der Waals surface area contributed by atoms with Gasteiger partial charge < -0.3 is 4.90 Å². The molecule has 1 amide bonds. The summed E-state index contributed by atoms with van der Waals surface area (Å²) in [5.41, 5.74) is 4.58. The van der Waals surface area contributed by atoms with E-state index in [9.17, 15) is 9.59 Å². The number of fused-ring (bicyclic) bond motifs is 1. The number of carbonyl (C=O) groups excluding carboxylic acids is 1. The molecule has 31 heavy (non-hydrogen) atoms. The lowest BCUT2D eigenvalue weighted by Crippen LogP contribution is -2.29. The van der Waals surface area contributed by atoms with Crippen molar-refractivity contribution in [3.63, 3.8) is 0 Å². The van der Waals surface area contributed by atoms with Gasteiger partial charge in [-0.1, -0.05) is 43.7 Å². The van der Waals surface area contributed by atoms with Crippen LogP contribution in [0.3, 0.4) is 0 Å². The Balaban J connectivity index is 1.80. The van der Waals surface area contributed by atoms with Crippen molar-refractivity contribution < 1.29 is 4.79 Å². The first-order valence-electron chi connectivity index (χ1n) is 10.8. The van der Waals surface area contributed by atoms with Crippen molar-refractivity contribution in [1.82, 2.24) is 15.2 Å². The summed E-state index contributed by atoms with van der Waals surface area (Å²) in [5, 5.41) is 9.42. The van der Waals surface area contributed by atoms with E-state index >= 15 is 0 Å². The Morgan fingerprint density at radius 2 is 1.74 bits per heavy atom. The van der Waals surface area contributed by atoms with E-state index in [0.29, 0.717) is 17.3 Å². The van der Waals surface area contributed by atoms with Crippen LogP contribution in [-0.4, -0.2) is 35.0 Å². The van der Waals surface area contributed by atoms with Crippen LogP contribution in [0.15, 0.2) is 58.4 Å². The second kappa shape index (κ2) is 10.5. The summed E-state index contributed by atoms with van der Waals surface area (Å²) in [6, 6.07) is 15.0. The summed E-state index contributed by atoms with van der Waals surface area (Å²) in [6.45, 7) is 8.66. The van der Waals surface area contributed by atoms with Crippen LogP contribution in [0.1, 0.15) is 49.7 Å². The summed E-state index contributed by atoms with van der Waals surface area (Å²) in [4.78, 5) is 27.7. The van der Waals surface area contributed by atoms with Gasteiger partial charge in [-0.25, -0.2) is 10.1 Å². The first-order chi connectivity index (χ1) is 15.1. The predicted octanol–water partition coefficient (Wildman–Crippen LogP) is 3.81. The van der Waals surface area contributed by atoms with Crippen LogP contribution in [0, 0.1) is 0 Å². The molecule has 2 aromatic carbocycles. The van der Waals surface area contributed by atoms with E-state index in [1.165, 1.54) is 4.68 Å². The minimum Gasteiger partial charge on any atom is -0.372 e. The highest BCUT2D eigenvalue weighted by Gasteiger charge is 2.16. The van der Waals surface area contributed by atoms with Crippen molar-refractivity contribution >= 4 is 28.6 Å². The fourth-order valence-electron chi connectivity index (χ4n) is 3.44. The largest absolute Gasteiger partial charge is 0.372 e. The van der Waals surface area contributed by atoms with Crippen molar-refractivity contribution in [2.24, 2.45) is 5.10 Å². The SMILES string of the molecule is CCCCn1nc(C(=O)N/N=C\c2ccc(N(CC)CC)cc2)c2ccccc2c1=O. The number of hydrazone groups is 1. The summed E-state index contributed by atoms with van der Waals surface area (Å²) in [5.74, 6) is -0.447. The van der Waals surface area contributed by atoms with E-state index in [1.54, 1.807) is 30.5 Å². The zero-order valence-electron chi connectivity index (χ0n) is 18.3. The van der Waals surface area contributed by atoms with Crippen molar-refractivity contribution in [2.75, 3.05) is 18.0 Å². The Hall–Kier alpha value is -3.48. The molecule has 7 heteroatoms. The van der Waals surface area contributed by atoms with Gasteiger partial charge in [0, 0.05) is 30.7 Å². The summed E-state index contributed by atoms with van der Waals surface area (Å²) >= 11 is 0. The molecule has 0 spiro atoms. The number of rotatable bonds is 9.